The summed E-state index contributed by atoms with van der Waals surface area (Å²) in [5.74, 6) is 0.256. The van der Waals surface area contributed by atoms with Crippen LogP contribution in [0.1, 0.15) is 29.9 Å². The summed E-state index contributed by atoms with van der Waals surface area (Å²) < 4.78 is 5.30. The fourth-order valence-electron chi connectivity index (χ4n) is 1.50. The molecule has 0 radical (unpaired) electrons. The standard InChI is InChI=1S/C13H22N2O3/c1-9(2)7-18-8-11(16)6-15-13(17)12-4-5-14-10(12)3/h4-5,9,11,14,16H,6-8H2,1-3H3,(H,15,17). The van der Waals surface area contributed by atoms with Crippen LogP contribution in [0.25, 0.3) is 0 Å². The zero-order valence-electron chi connectivity index (χ0n) is 11.2. The molecule has 5 nitrogen and oxygen atoms in total. The van der Waals surface area contributed by atoms with Gasteiger partial charge in [0.05, 0.1) is 18.3 Å². The molecule has 1 rings (SSSR count). The van der Waals surface area contributed by atoms with Gasteiger partial charge in [-0.3, -0.25) is 4.79 Å². The van der Waals surface area contributed by atoms with Gasteiger partial charge < -0.3 is 20.1 Å². The number of amides is 1. The molecule has 5 heteroatoms. The van der Waals surface area contributed by atoms with Gasteiger partial charge in [-0.2, -0.15) is 0 Å². The van der Waals surface area contributed by atoms with Crippen molar-refractivity contribution in [2.75, 3.05) is 19.8 Å². The van der Waals surface area contributed by atoms with E-state index in [2.05, 4.69) is 10.3 Å². The number of aromatic amines is 1. The Kier molecular flexibility index (Phi) is 5.88. The molecule has 0 aliphatic rings. The molecule has 0 bridgehead atoms. The van der Waals surface area contributed by atoms with E-state index in [1.165, 1.54) is 0 Å². The highest BCUT2D eigenvalue weighted by Crippen LogP contribution is 2.04. The predicted octanol–water partition coefficient (Wildman–Crippen LogP) is 1.09. The topological polar surface area (TPSA) is 74.4 Å². The van der Waals surface area contributed by atoms with Gasteiger partial charge in [0.2, 0.25) is 0 Å². The van der Waals surface area contributed by atoms with E-state index in [9.17, 15) is 9.90 Å². The maximum Gasteiger partial charge on any atom is 0.253 e. The Bertz CT molecular complexity index is 374. The number of carbonyl (C=O) groups excluding carboxylic acids is 1. The van der Waals surface area contributed by atoms with E-state index in [0.717, 1.165) is 5.69 Å². The molecule has 0 spiro atoms. The summed E-state index contributed by atoms with van der Waals surface area (Å²) in [5.41, 5.74) is 1.42. The number of aryl methyl sites for hydroxylation is 1. The van der Waals surface area contributed by atoms with Crippen molar-refractivity contribution in [3.8, 4) is 0 Å². The van der Waals surface area contributed by atoms with Crippen molar-refractivity contribution in [3.63, 3.8) is 0 Å². The zero-order chi connectivity index (χ0) is 13.5. The minimum Gasteiger partial charge on any atom is -0.389 e. The average Bonchev–Trinajstić information content (AvgIpc) is 2.72. The van der Waals surface area contributed by atoms with E-state index < -0.39 is 6.10 Å². The lowest BCUT2D eigenvalue weighted by atomic mass is 10.2. The molecule has 0 aromatic carbocycles. The number of aliphatic hydroxyl groups excluding tert-OH is 1. The fourth-order valence-corrected chi connectivity index (χ4v) is 1.50. The highest BCUT2D eigenvalue weighted by atomic mass is 16.5. The van der Waals surface area contributed by atoms with Crippen molar-refractivity contribution < 1.29 is 14.6 Å². The highest BCUT2D eigenvalue weighted by molar-refractivity contribution is 5.95. The first-order valence-electron chi connectivity index (χ1n) is 6.18. The number of rotatable bonds is 7. The van der Waals surface area contributed by atoms with Crippen molar-refractivity contribution in [1.29, 1.82) is 0 Å². The molecule has 1 unspecified atom stereocenters. The van der Waals surface area contributed by atoms with Gasteiger partial charge in [-0.15, -0.1) is 0 Å². The summed E-state index contributed by atoms with van der Waals surface area (Å²) in [5, 5.41) is 12.3. The molecular formula is C13H22N2O3. The van der Waals surface area contributed by atoms with Crippen LogP contribution in [0.3, 0.4) is 0 Å². The first kappa shape index (κ1) is 14.7. The van der Waals surface area contributed by atoms with E-state index >= 15 is 0 Å². The summed E-state index contributed by atoms with van der Waals surface area (Å²) in [7, 11) is 0. The number of aromatic nitrogens is 1. The molecule has 0 saturated carbocycles. The van der Waals surface area contributed by atoms with Crippen LogP contribution in [0.4, 0.5) is 0 Å². The van der Waals surface area contributed by atoms with Crippen molar-refractivity contribution in [2.45, 2.75) is 26.9 Å². The normalized spacial score (nSPS) is 12.7. The van der Waals surface area contributed by atoms with Gasteiger partial charge in [0.1, 0.15) is 0 Å². The molecule has 1 amide bonds. The second-order valence-corrected chi connectivity index (χ2v) is 4.81. The molecule has 1 atom stereocenters. The lowest BCUT2D eigenvalue weighted by Gasteiger charge is -2.13. The lowest BCUT2D eigenvalue weighted by Crippen LogP contribution is -2.35. The number of aliphatic hydroxyl groups is 1. The number of hydrogen-bond donors (Lipinski definition) is 3. The van der Waals surface area contributed by atoms with E-state index in [-0.39, 0.29) is 19.1 Å². The minimum absolute atomic E-state index is 0.184. The summed E-state index contributed by atoms with van der Waals surface area (Å²) in [6.45, 7) is 6.97. The number of H-pyrrole nitrogens is 1. The summed E-state index contributed by atoms with van der Waals surface area (Å²) >= 11 is 0. The molecule has 1 aromatic heterocycles. The first-order chi connectivity index (χ1) is 8.50. The van der Waals surface area contributed by atoms with Crippen molar-refractivity contribution >= 4 is 5.91 Å². The molecule has 3 N–H and O–H groups in total. The van der Waals surface area contributed by atoms with Gasteiger partial charge >= 0.3 is 0 Å². The quantitative estimate of drug-likeness (QED) is 0.682. The molecule has 1 aromatic rings. The molecule has 1 heterocycles. The largest absolute Gasteiger partial charge is 0.389 e. The maximum absolute atomic E-state index is 11.7. The van der Waals surface area contributed by atoms with Crippen LogP contribution in [0.5, 0.6) is 0 Å². The van der Waals surface area contributed by atoms with Gasteiger partial charge in [-0.05, 0) is 18.9 Å². The molecule has 0 saturated heterocycles. The summed E-state index contributed by atoms with van der Waals surface area (Å²) in [6.07, 6.45) is 1.04. The van der Waals surface area contributed by atoms with Gasteiger partial charge in [0, 0.05) is 25.0 Å². The molecule has 102 valence electrons. The molecule has 0 fully saturated rings. The minimum atomic E-state index is -0.674. The van der Waals surface area contributed by atoms with Crippen LogP contribution in [0.15, 0.2) is 12.3 Å². The van der Waals surface area contributed by atoms with Crippen LogP contribution in [-0.2, 0) is 4.74 Å². The van der Waals surface area contributed by atoms with Gasteiger partial charge in [0.15, 0.2) is 0 Å². The van der Waals surface area contributed by atoms with Gasteiger partial charge in [-0.1, -0.05) is 13.8 Å². The third-order valence-electron chi connectivity index (χ3n) is 2.46. The summed E-state index contributed by atoms with van der Waals surface area (Å²) in [6, 6.07) is 1.71. The fraction of sp³-hybridized carbons (Fsp3) is 0.615. The predicted molar refractivity (Wildman–Crippen MR) is 69.5 cm³/mol. The molecule has 18 heavy (non-hydrogen) atoms. The van der Waals surface area contributed by atoms with E-state index in [0.29, 0.717) is 18.1 Å². The second kappa shape index (κ2) is 7.18. The Labute approximate surface area is 108 Å². The Morgan fingerprint density at radius 3 is 2.78 bits per heavy atom. The number of hydrogen-bond acceptors (Lipinski definition) is 3. The Hall–Kier alpha value is -1.33. The second-order valence-electron chi connectivity index (χ2n) is 4.81. The van der Waals surface area contributed by atoms with E-state index in [4.69, 9.17) is 4.74 Å². The Morgan fingerprint density at radius 2 is 2.22 bits per heavy atom. The first-order valence-corrected chi connectivity index (χ1v) is 6.18. The van der Waals surface area contributed by atoms with Crippen LogP contribution in [0.2, 0.25) is 0 Å². The number of ether oxygens (including phenoxy) is 1. The van der Waals surface area contributed by atoms with Crippen LogP contribution < -0.4 is 5.32 Å². The SMILES string of the molecule is Cc1[nH]ccc1C(=O)NCC(O)COCC(C)C. The van der Waals surface area contributed by atoms with E-state index in [1.807, 2.05) is 20.8 Å². The summed E-state index contributed by atoms with van der Waals surface area (Å²) in [4.78, 5) is 14.7. The maximum atomic E-state index is 11.7. The number of carbonyl (C=O) groups is 1. The average molecular weight is 254 g/mol. The van der Waals surface area contributed by atoms with Gasteiger partial charge in [0.25, 0.3) is 5.91 Å². The molecular weight excluding hydrogens is 232 g/mol. The Balaban J connectivity index is 2.24. The Morgan fingerprint density at radius 1 is 1.50 bits per heavy atom. The van der Waals surface area contributed by atoms with Crippen molar-refractivity contribution in [3.05, 3.63) is 23.5 Å². The van der Waals surface area contributed by atoms with Crippen molar-refractivity contribution in [2.24, 2.45) is 5.92 Å². The van der Waals surface area contributed by atoms with Crippen LogP contribution in [0, 0.1) is 12.8 Å². The van der Waals surface area contributed by atoms with Gasteiger partial charge in [-0.25, -0.2) is 0 Å². The van der Waals surface area contributed by atoms with Crippen LogP contribution >= 0.6 is 0 Å². The third-order valence-corrected chi connectivity index (χ3v) is 2.46. The van der Waals surface area contributed by atoms with E-state index in [1.54, 1.807) is 12.3 Å². The highest BCUT2D eigenvalue weighted by Gasteiger charge is 2.11. The van der Waals surface area contributed by atoms with Crippen molar-refractivity contribution in [1.82, 2.24) is 10.3 Å². The third kappa shape index (κ3) is 4.89. The molecule has 0 aliphatic carbocycles. The smallest absolute Gasteiger partial charge is 0.253 e. The zero-order valence-corrected chi connectivity index (χ0v) is 11.2. The van der Waals surface area contributed by atoms with Crippen LogP contribution in [-0.4, -0.2) is 41.9 Å². The number of nitrogens with one attached hydrogen (secondary N) is 2. The molecule has 0 aliphatic heterocycles. The monoisotopic (exact) mass is 254 g/mol. The lowest BCUT2D eigenvalue weighted by molar-refractivity contribution is 0.0259.